The normalized spacial score (nSPS) is 20.6. The summed E-state index contributed by atoms with van der Waals surface area (Å²) in [6.45, 7) is 9.38. The van der Waals surface area contributed by atoms with E-state index < -0.39 is 24.0 Å². The number of esters is 2. The van der Waals surface area contributed by atoms with E-state index in [1.54, 1.807) is 26.1 Å². The summed E-state index contributed by atoms with van der Waals surface area (Å²) < 4.78 is 30.7. The molecule has 3 unspecified atom stereocenters. The molecule has 1 aromatic carbocycles. The smallest absolute Gasteiger partial charge is 0.338 e. The fourth-order valence-electron chi connectivity index (χ4n) is 4.58. The molecule has 4 rings (SSSR count). The summed E-state index contributed by atoms with van der Waals surface area (Å²) in [6.07, 6.45) is 1.33. The summed E-state index contributed by atoms with van der Waals surface area (Å²) in [4.78, 5) is 37.0. The Bertz CT molecular complexity index is 1270. The van der Waals surface area contributed by atoms with Crippen LogP contribution in [0, 0.1) is 18.7 Å². The van der Waals surface area contributed by atoms with E-state index in [-0.39, 0.29) is 31.1 Å². The number of hydrogen-bond acceptors (Lipinski definition) is 11. The van der Waals surface area contributed by atoms with E-state index in [2.05, 4.69) is 15.2 Å². The summed E-state index contributed by atoms with van der Waals surface area (Å²) >= 11 is 1.42. The van der Waals surface area contributed by atoms with Crippen molar-refractivity contribution >= 4 is 29.1 Å². The van der Waals surface area contributed by atoms with Gasteiger partial charge in [0, 0.05) is 36.9 Å². The first kappa shape index (κ1) is 29.8. The van der Waals surface area contributed by atoms with Crippen molar-refractivity contribution in [1.82, 2.24) is 15.2 Å². The highest BCUT2D eigenvalue weighted by Crippen LogP contribution is 2.35. The zero-order valence-corrected chi connectivity index (χ0v) is 24.0. The Morgan fingerprint density at radius 3 is 2.80 bits per heavy atom. The van der Waals surface area contributed by atoms with E-state index in [9.17, 15) is 14.0 Å². The van der Waals surface area contributed by atoms with Crippen LogP contribution in [-0.4, -0.2) is 79.3 Å². The van der Waals surface area contributed by atoms with Gasteiger partial charge in [-0.3, -0.25) is 14.7 Å². The predicted molar refractivity (Wildman–Crippen MR) is 149 cm³/mol. The number of rotatable bonds is 10. The molecule has 12 heteroatoms. The average Bonchev–Trinajstić information content (AvgIpc) is 3.46. The van der Waals surface area contributed by atoms with Gasteiger partial charge in [-0.15, -0.1) is 11.3 Å². The summed E-state index contributed by atoms with van der Waals surface area (Å²) in [5, 5.41) is 5.85. The first-order valence-electron chi connectivity index (χ1n) is 13.3. The number of morpholine rings is 1. The molecular weight excluding hydrogens is 537 g/mol. The van der Waals surface area contributed by atoms with Crippen molar-refractivity contribution in [2.24, 2.45) is 16.6 Å². The van der Waals surface area contributed by atoms with Crippen molar-refractivity contribution in [2.75, 3.05) is 39.5 Å². The van der Waals surface area contributed by atoms with Crippen LogP contribution in [-0.2, 0) is 23.8 Å². The molecule has 1 fully saturated rings. The van der Waals surface area contributed by atoms with Gasteiger partial charge in [-0.05, 0) is 43.0 Å². The Morgan fingerprint density at radius 1 is 1.32 bits per heavy atom. The number of halogens is 1. The highest BCUT2D eigenvalue weighted by Gasteiger charge is 2.35. The molecule has 0 bridgehead atoms. The lowest BCUT2D eigenvalue weighted by Crippen LogP contribution is -2.48. The van der Waals surface area contributed by atoms with Crippen LogP contribution in [0.2, 0.25) is 0 Å². The van der Waals surface area contributed by atoms with Crippen molar-refractivity contribution < 1.29 is 28.2 Å². The summed E-state index contributed by atoms with van der Waals surface area (Å²) in [7, 11) is 0. The van der Waals surface area contributed by atoms with Crippen LogP contribution in [0.3, 0.4) is 0 Å². The first-order chi connectivity index (χ1) is 19.2. The molecule has 10 nitrogen and oxygen atoms in total. The molecular formula is C28H36FN5O5S. The minimum absolute atomic E-state index is 0.0340. The van der Waals surface area contributed by atoms with Gasteiger partial charge in [-0.2, -0.15) is 0 Å². The molecule has 3 N–H and O–H groups in total. The minimum Gasteiger partial charge on any atom is -0.463 e. The van der Waals surface area contributed by atoms with Crippen LogP contribution in [0.25, 0.3) is 0 Å². The number of nitrogens with zero attached hydrogens (tertiary/aromatic N) is 3. The number of aliphatic imine (C=N–C) groups is 1. The van der Waals surface area contributed by atoms with Gasteiger partial charge in [0.25, 0.3) is 0 Å². The van der Waals surface area contributed by atoms with Gasteiger partial charge in [0.15, 0.2) is 10.8 Å². The molecule has 0 aliphatic carbocycles. The Hall–Kier alpha value is -3.19. The number of hydrogen-bond donors (Lipinski definition) is 2. The predicted octanol–water partition coefficient (Wildman–Crippen LogP) is 2.73. The second kappa shape index (κ2) is 13.4. The first-order valence-corrected chi connectivity index (χ1v) is 14.2. The third kappa shape index (κ3) is 7.11. The summed E-state index contributed by atoms with van der Waals surface area (Å²) in [5.41, 5.74) is 8.25. The molecule has 1 saturated heterocycles. The lowest BCUT2D eigenvalue weighted by atomic mass is 9.92. The third-order valence-electron chi connectivity index (χ3n) is 6.79. The fourth-order valence-corrected chi connectivity index (χ4v) is 5.17. The fraction of sp³-hybridized carbons (Fsp3) is 0.500. The van der Waals surface area contributed by atoms with Crippen molar-refractivity contribution in [3.05, 3.63) is 63.0 Å². The minimum atomic E-state index is -0.717. The molecule has 2 aliphatic heterocycles. The molecule has 2 aliphatic rings. The number of nitrogens with one attached hydrogen (secondary N) is 1. The van der Waals surface area contributed by atoms with Crippen LogP contribution >= 0.6 is 11.3 Å². The van der Waals surface area contributed by atoms with Gasteiger partial charge in [0.05, 0.1) is 18.8 Å². The molecule has 0 spiro atoms. The molecule has 3 atom stereocenters. The lowest BCUT2D eigenvalue weighted by molar-refractivity contribution is -0.153. The van der Waals surface area contributed by atoms with Crippen LogP contribution in [0.1, 0.15) is 42.9 Å². The van der Waals surface area contributed by atoms with E-state index in [4.69, 9.17) is 24.9 Å². The standard InChI is InChI=1S/C28H36FN5O5S/c1-5-37-27(35)22-21(14-34-9-10-38-19(13-34)15-39-28(36)23(30)16(2)3)32-25(26-31-8-11-40-26)33-24(22)20-7-6-18(29)12-17(20)4/h6-8,11-12,16,19,23-24H,5,9-10,13-15,30H2,1-4H3,(H,32,33). The number of aromatic nitrogens is 1. The number of carbonyl (C=O) groups excluding carboxylic acids is 2. The van der Waals surface area contributed by atoms with Crippen molar-refractivity contribution in [3.63, 3.8) is 0 Å². The number of nitrogens with two attached hydrogens (primary N) is 1. The number of ether oxygens (including phenoxy) is 3. The van der Waals surface area contributed by atoms with Crippen molar-refractivity contribution in [3.8, 4) is 0 Å². The van der Waals surface area contributed by atoms with E-state index in [0.717, 1.165) is 0 Å². The number of thiazole rings is 1. The summed E-state index contributed by atoms with van der Waals surface area (Å²) in [5.74, 6) is -0.835. The number of amidine groups is 1. The Balaban J connectivity index is 1.62. The topological polar surface area (TPSA) is 128 Å². The van der Waals surface area contributed by atoms with Gasteiger partial charge in [-0.1, -0.05) is 19.9 Å². The van der Waals surface area contributed by atoms with E-state index in [1.807, 2.05) is 19.2 Å². The monoisotopic (exact) mass is 573 g/mol. The summed E-state index contributed by atoms with van der Waals surface area (Å²) in [6, 6.07) is 3.03. The quantitative estimate of drug-likeness (QED) is 0.412. The van der Waals surface area contributed by atoms with Gasteiger partial charge >= 0.3 is 11.9 Å². The molecule has 216 valence electrons. The molecule has 3 heterocycles. The maximum atomic E-state index is 14.0. The Morgan fingerprint density at radius 2 is 2.12 bits per heavy atom. The molecule has 2 aromatic rings. The SMILES string of the molecule is CCOC(=O)C1=C(CN2CCOC(COC(=O)C(N)C(C)C)C2)NC(c2nccs2)=NC1c1ccc(F)cc1C. The highest BCUT2D eigenvalue weighted by atomic mass is 32.1. The third-order valence-corrected chi connectivity index (χ3v) is 7.57. The van der Waals surface area contributed by atoms with Gasteiger partial charge in [-0.25, -0.2) is 14.2 Å². The van der Waals surface area contributed by atoms with Crippen LogP contribution < -0.4 is 11.1 Å². The second-order valence-electron chi connectivity index (χ2n) is 10.1. The van der Waals surface area contributed by atoms with Crippen LogP contribution in [0.15, 0.2) is 46.0 Å². The van der Waals surface area contributed by atoms with Crippen LogP contribution in [0.4, 0.5) is 4.39 Å². The number of benzene rings is 1. The van der Waals surface area contributed by atoms with Gasteiger partial charge in [0.2, 0.25) is 0 Å². The molecule has 1 aromatic heterocycles. The second-order valence-corrected chi connectivity index (χ2v) is 11.0. The Labute approximate surface area is 237 Å². The van der Waals surface area contributed by atoms with E-state index >= 15 is 0 Å². The zero-order valence-electron chi connectivity index (χ0n) is 23.2. The maximum Gasteiger partial charge on any atom is 0.338 e. The molecule has 0 radical (unpaired) electrons. The molecule has 0 amide bonds. The number of aryl methyl sites for hydroxylation is 1. The Kier molecular flexibility index (Phi) is 10.0. The van der Waals surface area contributed by atoms with E-state index in [0.29, 0.717) is 59.5 Å². The molecule has 0 saturated carbocycles. The van der Waals surface area contributed by atoms with Gasteiger partial charge < -0.3 is 25.3 Å². The lowest BCUT2D eigenvalue weighted by Gasteiger charge is -2.35. The number of carbonyl (C=O) groups is 2. The van der Waals surface area contributed by atoms with Gasteiger partial charge in [0.1, 0.15) is 30.6 Å². The highest BCUT2D eigenvalue weighted by molar-refractivity contribution is 7.11. The van der Waals surface area contributed by atoms with Crippen molar-refractivity contribution in [1.29, 1.82) is 0 Å². The largest absolute Gasteiger partial charge is 0.463 e. The van der Waals surface area contributed by atoms with Crippen molar-refractivity contribution in [2.45, 2.75) is 45.9 Å². The zero-order chi connectivity index (χ0) is 28.8. The molecule has 40 heavy (non-hydrogen) atoms. The van der Waals surface area contributed by atoms with Crippen LogP contribution in [0.5, 0.6) is 0 Å². The average molecular weight is 574 g/mol. The maximum absolute atomic E-state index is 14.0. The van der Waals surface area contributed by atoms with E-state index in [1.165, 1.54) is 23.5 Å².